The van der Waals surface area contributed by atoms with Crippen molar-refractivity contribution < 1.29 is 4.79 Å². The molecule has 3 N–H and O–H groups in total. The number of hydrogen-bond donors (Lipinski definition) is 3. The summed E-state index contributed by atoms with van der Waals surface area (Å²) in [4.78, 5) is 16.3. The predicted molar refractivity (Wildman–Crippen MR) is 77.9 cm³/mol. The van der Waals surface area contributed by atoms with Gasteiger partial charge >= 0.3 is 0 Å². The van der Waals surface area contributed by atoms with E-state index in [-0.39, 0.29) is 11.9 Å². The number of halogens is 1. The second kappa shape index (κ2) is 6.38. The lowest BCUT2D eigenvalue weighted by molar-refractivity contribution is 0.0940. The maximum Gasteiger partial charge on any atom is 0.253 e. The highest BCUT2D eigenvalue weighted by atomic mass is 35.5. The SMILES string of the molecule is CCNc1cc(C(=O)NC(C)c2cn[nH]c2)c(Cl)cn1. The maximum absolute atomic E-state index is 12.2. The first kappa shape index (κ1) is 14.3. The Bertz CT molecular complexity index is 584. The molecule has 0 spiro atoms. The minimum atomic E-state index is -0.245. The molecule has 20 heavy (non-hydrogen) atoms. The molecule has 0 aliphatic rings. The lowest BCUT2D eigenvalue weighted by Crippen LogP contribution is -2.26. The first-order valence-electron chi connectivity index (χ1n) is 6.30. The highest BCUT2D eigenvalue weighted by Crippen LogP contribution is 2.19. The lowest BCUT2D eigenvalue weighted by Gasteiger charge is -2.13. The van der Waals surface area contributed by atoms with Crippen molar-refractivity contribution in [2.75, 3.05) is 11.9 Å². The number of H-pyrrole nitrogens is 1. The topological polar surface area (TPSA) is 82.7 Å². The van der Waals surface area contributed by atoms with E-state index in [0.717, 1.165) is 12.1 Å². The molecule has 0 saturated heterocycles. The van der Waals surface area contributed by atoms with E-state index in [1.807, 2.05) is 13.8 Å². The fraction of sp³-hybridized carbons (Fsp3) is 0.308. The summed E-state index contributed by atoms with van der Waals surface area (Å²) in [6, 6.07) is 1.48. The van der Waals surface area contributed by atoms with Crippen LogP contribution in [0, 0.1) is 0 Å². The van der Waals surface area contributed by atoms with Gasteiger partial charge in [-0.05, 0) is 19.9 Å². The molecule has 2 rings (SSSR count). The van der Waals surface area contributed by atoms with E-state index >= 15 is 0 Å². The molecular formula is C13H16ClN5O. The number of hydrogen-bond acceptors (Lipinski definition) is 4. The third kappa shape index (κ3) is 3.27. The van der Waals surface area contributed by atoms with Crippen molar-refractivity contribution >= 4 is 23.3 Å². The van der Waals surface area contributed by atoms with E-state index in [2.05, 4.69) is 25.8 Å². The van der Waals surface area contributed by atoms with E-state index in [0.29, 0.717) is 16.4 Å². The molecule has 2 aromatic heterocycles. The van der Waals surface area contributed by atoms with E-state index < -0.39 is 0 Å². The molecule has 0 aliphatic heterocycles. The standard InChI is InChI=1S/C13H16ClN5O/c1-3-15-12-4-10(11(14)7-16-12)13(20)19-8(2)9-5-17-18-6-9/h4-8H,3H2,1-2H3,(H,15,16)(H,17,18)(H,19,20). The Kier molecular flexibility index (Phi) is 4.57. The highest BCUT2D eigenvalue weighted by molar-refractivity contribution is 6.33. The summed E-state index contributed by atoms with van der Waals surface area (Å²) in [6.07, 6.45) is 4.88. The van der Waals surface area contributed by atoms with Gasteiger partial charge in [-0.3, -0.25) is 9.89 Å². The molecule has 1 amide bonds. The molecule has 2 aromatic rings. The monoisotopic (exact) mass is 293 g/mol. The van der Waals surface area contributed by atoms with Gasteiger partial charge in [0.2, 0.25) is 0 Å². The van der Waals surface area contributed by atoms with Gasteiger partial charge in [-0.1, -0.05) is 11.6 Å². The number of carbonyl (C=O) groups excluding carboxylic acids is 1. The van der Waals surface area contributed by atoms with Gasteiger partial charge in [0.25, 0.3) is 5.91 Å². The molecule has 7 heteroatoms. The van der Waals surface area contributed by atoms with Gasteiger partial charge in [-0.2, -0.15) is 5.10 Å². The van der Waals surface area contributed by atoms with Crippen LogP contribution in [0.3, 0.4) is 0 Å². The minimum Gasteiger partial charge on any atom is -0.370 e. The van der Waals surface area contributed by atoms with Gasteiger partial charge < -0.3 is 10.6 Å². The average molecular weight is 294 g/mol. The van der Waals surface area contributed by atoms with Crippen LogP contribution >= 0.6 is 11.6 Å². The Morgan fingerprint density at radius 1 is 1.50 bits per heavy atom. The summed E-state index contributed by atoms with van der Waals surface area (Å²) < 4.78 is 0. The zero-order valence-corrected chi connectivity index (χ0v) is 12.0. The Morgan fingerprint density at radius 3 is 2.95 bits per heavy atom. The summed E-state index contributed by atoms with van der Waals surface area (Å²) in [6.45, 7) is 4.56. The average Bonchev–Trinajstić information content (AvgIpc) is 2.95. The van der Waals surface area contributed by atoms with Crippen LogP contribution in [0.25, 0.3) is 0 Å². The summed E-state index contributed by atoms with van der Waals surface area (Å²) in [7, 11) is 0. The molecule has 1 atom stereocenters. The molecule has 2 heterocycles. The van der Waals surface area contributed by atoms with Gasteiger partial charge in [0, 0.05) is 24.5 Å². The zero-order valence-electron chi connectivity index (χ0n) is 11.3. The van der Waals surface area contributed by atoms with Gasteiger partial charge in [0.1, 0.15) is 5.82 Å². The smallest absolute Gasteiger partial charge is 0.253 e. The zero-order chi connectivity index (χ0) is 14.5. The predicted octanol–water partition coefficient (Wildman–Crippen LogP) is 2.38. The van der Waals surface area contributed by atoms with Crippen LogP contribution in [-0.2, 0) is 0 Å². The number of nitrogens with zero attached hydrogens (tertiary/aromatic N) is 2. The Morgan fingerprint density at radius 2 is 2.30 bits per heavy atom. The summed E-state index contributed by atoms with van der Waals surface area (Å²) in [5.41, 5.74) is 1.29. The van der Waals surface area contributed by atoms with Gasteiger partial charge in [-0.25, -0.2) is 4.98 Å². The highest BCUT2D eigenvalue weighted by Gasteiger charge is 2.15. The van der Waals surface area contributed by atoms with Crippen LogP contribution in [-0.4, -0.2) is 27.6 Å². The molecule has 0 fully saturated rings. The fourth-order valence-electron chi connectivity index (χ4n) is 1.75. The fourth-order valence-corrected chi connectivity index (χ4v) is 1.94. The molecular weight excluding hydrogens is 278 g/mol. The molecule has 106 valence electrons. The van der Waals surface area contributed by atoms with E-state index in [1.165, 1.54) is 6.20 Å². The van der Waals surface area contributed by atoms with Crippen molar-refractivity contribution in [2.45, 2.75) is 19.9 Å². The quantitative estimate of drug-likeness (QED) is 0.790. The number of rotatable bonds is 5. The molecule has 0 aromatic carbocycles. The van der Waals surface area contributed by atoms with E-state index in [1.54, 1.807) is 18.5 Å². The van der Waals surface area contributed by atoms with Crippen LogP contribution in [0.15, 0.2) is 24.7 Å². The van der Waals surface area contributed by atoms with Crippen LogP contribution in [0.4, 0.5) is 5.82 Å². The number of aromatic amines is 1. The summed E-state index contributed by atoms with van der Waals surface area (Å²) in [5.74, 6) is 0.378. The van der Waals surface area contributed by atoms with Gasteiger partial charge in [-0.15, -0.1) is 0 Å². The third-order valence-corrected chi connectivity index (χ3v) is 3.13. The normalized spacial score (nSPS) is 11.9. The summed E-state index contributed by atoms with van der Waals surface area (Å²) >= 11 is 6.03. The van der Waals surface area contributed by atoms with Crippen molar-refractivity contribution in [3.63, 3.8) is 0 Å². The molecule has 6 nitrogen and oxygen atoms in total. The number of amides is 1. The Balaban J connectivity index is 2.14. The van der Waals surface area contributed by atoms with Gasteiger partial charge in [0.05, 0.1) is 22.8 Å². The Labute approximate surface area is 121 Å². The largest absolute Gasteiger partial charge is 0.370 e. The number of nitrogens with one attached hydrogen (secondary N) is 3. The first-order valence-corrected chi connectivity index (χ1v) is 6.68. The lowest BCUT2D eigenvalue weighted by atomic mass is 10.1. The molecule has 1 unspecified atom stereocenters. The van der Waals surface area contributed by atoms with Crippen LogP contribution in [0.1, 0.15) is 35.8 Å². The van der Waals surface area contributed by atoms with Crippen molar-refractivity contribution in [1.29, 1.82) is 0 Å². The van der Waals surface area contributed by atoms with Crippen molar-refractivity contribution in [1.82, 2.24) is 20.5 Å². The molecule has 0 saturated carbocycles. The number of anilines is 1. The second-order valence-corrected chi connectivity index (χ2v) is 4.71. The maximum atomic E-state index is 12.2. The number of pyridine rings is 1. The van der Waals surface area contributed by atoms with Crippen LogP contribution in [0.2, 0.25) is 5.02 Å². The van der Waals surface area contributed by atoms with E-state index in [4.69, 9.17) is 11.6 Å². The van der Waals surface area contributed by atoms with Crippen molar-refractivity contribution in [3.05, 3.63) is 40.8 Å². The van der Waals surface area contributed by atoms with Crippen LogP contribution < -0.4 is 10.6 Å². The van der Waals surface area contributed by atoms with Crippen LogP contribution in [0.5, 0.6) is 0 Å². The molecule has 0 bridgehead atoms. The number of carbonyl (C=O) groups is 1. The summed E-state index contributed by atoms with van der Waals surface area (Å²) in [5, 5.41) is 12.8. The second-order valence-electron chi connectivity index (χ2n) is 4.31. The molecule has 0 radical (unpaired) electrons. The van der Waals surface area contributed by atoms with Gasteiger partial charge in [0.15, 0.2) is 0 Å². The van der Waals surface area contributed by atoms with Crippen molar-refractivity contribution in [3.8, 4) is 0 Å². The Hall–Kier alpha value is -2.08. The minimum absolute atomic E-state index is 0.159. The number of aromatic nitrogens is 3. The van der Waals surface area contributed by atoms with E-state index in [9.17, 15) is 4.79 Å². The van der Waals surface area contributed by atoms with Crippen molar-refractivity contribution in [2.24, 2.45) is 0 Å². The first-order chi connectivity index (χ1) is 9.61. The molecule has 0 aliphatic carbocycles. The third-order valence-electron chi connectivity index (χ3n) is 2.82.